The maximum absolute atomic E-state index is 8.57. The summed E-state index contributed by atoms with van der Waals surface area (Å²) in [5.74, 6) is 0. The van der Waals surface area contributed by atoms with Crippen molar-refractivity contribution in [1.29, 1.82) is 5.26 Å². The molecule has 0 aliphatic heterocycles. The van der Waals surface area contributed by atoms with E-state index in [1.165, 1.54) is 5.56 Å². The van der Waals surface area contributed by atoms with Crippen molar-refractivity contribution in [3.05, 3.63) is 47.8 Å². The minimum atomic E-state index is 0.532. The number of nitrogens with zero attached hydrogens (tertiary/aromatic N) is 3. The first-order chi connectivity index (χ1) is 8.29. The second-order valence-corrected chi connectivity index (χ2v) is 3.93. The van der Waals surface area contributed by atoms with Gasteiger partial charge in [-0.05, 0) is 48.7 Å². The molecule has 0 aromatic carbocycles. The molecule has 0 saturated carbocycles. The van der Waals surface area contributed by atoms with Crippen molar-refractivity contribution < 1.29 is 0 Å². The molecule has 2 heterocycles. The predicted molar refractivity (Wildman–Crippen MR) is 66.1 cm³/mol. The fourth-order valence-electron chi connectivity index (χ4n) is 1.65. The zero-order chi connectivity index (χ0) is 12.1. The molecule has 0 radical (unpaired) electrons. The molecule has 0 spiro atoms. The highest BCUT2D eigenvalue weighted by molar-refractivity contribution is 5.55. The van der Waals surface area contributed by atoms with Crippen LogP contribution in [0.1, 0.15) is 17.5 Å². The fraction of sp³-hybridized carbons (Fsp3) is 0.214. The zero-order valence-electron chi connectivity index (χ0n) is 9.72. The molecule has 3 heteroatoms. The van der Waals surface area contributed by atoms with E-state index >= 15 is 0 Å². The Balaban J connectivity index is 2.30. The van der Waals surface area contributed by atoms with Crippen LogP contribution in [0.4, 0.5) is 0 Å². The van der Waals surface area contributed by atoms with Crippen LogP contribution in [0.5, 0.6) is 0 Å². The van der Waals surface area contributed by atoms with Crippen LogP contribution >= 0.6 is 0 Å². The van der Waals surface area contributed by atoms with Gasteiger partial charge in [-0.1, -0.05) is 0 Å². The minimum absolute atomic E-state index is 0.532. The largest absolute Gasteiger partial charge is 0.255 e. The van der Waals surface area contributed by atoms with Crippen LogP contribution in [-0.2, 0) is 6.42 Å². The molecular weight excluding hydrogens is 210 g/mol. The van der Waals surface area contributed by atoms with E-state index in [9.17, 15) is 0 Å². The molecule has 3 nitrogen and oxygen atoms in total. The highest BCUT2D eigenvalue weighted by Gasteiger charge is 2.02. The summed E-state index contributed by atoms with van der Waals surface area (Å²) in [6.45, 7) is 2.03. The summed E-state index contributed by atoms with van der Waals surface area (Å²) < 4.78 is 0. The molecule has 2 aromatic rings. The normalized spacial score (nSPS) is 9.88. The standard InChI is InChI=1S/C14H13N3/c1-11-4-7-16-13(9-11)14-10-12(3-2-6-15)5-8-17-14/h4-5,7-10H,2-3H2,1H3. The van der Waals surface area contributed by atoms with Gasteiger partial charge in [0.15, 0.2) is 0 Å². The van der Waals surface area contributed by atoms with Crippen molar-refractivity contribution in [3.8, 4) is 17.5 Å². The van der Waals surface area contributed by atoms with Crippen LogP contribution in [-0.4, -0.2) is 9.97 Å². The predicted octanol–water partition coefficient (Wildman–Crippen LogP) is 2.91. The van der Waals surface area contributed by atoms with Crippen LogP contribution in [0.25, 0.3) is 11.4 Å². The van der Waals surface area contributed by atoms with Gasteiger partial charge in [0.2, 0.25) is 0 Å². The second kappa shape index (κ2) is 5.22. The quantitative estimate of drug-likeness (QED) is 0.803. The van der Waals surface area contributed by atoms with Crippen LogP contribution in [0.3, 0.4) is 0 Å². The van der Waals surface area contributed by atoms with Crippen molar-refractivity contribution >= 4 is 0 Å². The lowest BCUT2D eigenvalue weighted by atomic mass is 10.1. The van der Waals surface area contributed by atoms with Gasteiger partial charge < -0.3 is 0 Å². The SMILES string of the molecule is Cc1ccnc(-c2cc(CCC#N)ccn2)c1. The maximum atomic E-state index is 8.57. The summed E-state index contributed by atoms with van der Waals surface area (Å²) in [6.07, 6.45) is 4.85. The van der Waals surface area contributed by atoms with E-state index in [0.717, 1.165) is 23.4 Å². The van der Waals surface area contributed by atoms with Crippen LogP contribution in [0.15, 0.2) is 36.7 Å². The average Bonchev–Trinajstić information content (AvgIpc) is 2.37. The summed E-state index contributed by atoms with van der Waals surface area (Å²) in [4.78, 5) is 8.62. The van der Waals surface area contributed by atoms with Gasteiger partial charge in [-0.15, -0.1) is 0 Å². The highest BCUT2D eigenvalue weighted by atomic mass is 14.8. The Morgan fingerprint density at radius 3 is 2.53 bits per heavy atom. The highest BCUT2D eigenvalue weighted by Crippen LogP contribution is 2.16. The lowest BCUT2D eigenvalue weighted by Gasteiger charge is -2.03. The number of hydrogen-bond acceptors (Lipinski definition) is 3. The fourth-order valence-corrected chi connectivity index (χ4v) is 1.65. The summed E-state index contributed by atoms with van der Waals surface area (Å²) >= 11 is 0. The minimum Gasteiger partial charge on any atom is -0.255 e. The monoisotopic (exact) mass is 223 g/mol. The van der Waals surface area contributed by atoms with E-state index in [4.69, 9.17) is 5.26 Å². The van der Waals surface area contributed by atoms with Crippen LogP contribution in [0, 0.1) is 18.3 Å². The molecule has 0 N–H and O–H groups in total. The van der Waals surface area contributed by atoms with E-state index in [1.54, 1.807) is 12.4 Å². The Morgan fingerprint density at radius 1 is 1.12 bits per heavy atom. The Bertz CT molecular complexity index is 555. The number of rotatable bonds is 3. The molecule has 0 bridgehead atoms. The summed E-state index contributed by atoms with van der Waals surface area (Å²) in [5, 5.41) is 8.57. The topological polar surface area (TPSA) is 49.6 Å². The van der Waals surface area contributed by atoms with Crippen molar-refractivity contribution in [2.45, 2.75) is 19.8 Å². The molecule has 84 valence electrons. The zero-order valence-corrected chi connectivity index (χ0v) is 9.72. The number of pyridine rings is 2. The molecule has 2 aromatic heterocycles. The van der Waals surface area contributed by atoms with E-state index in [0.29, 0.717) is 6.42 Å². The smallest absolute Gasteiger partial charge is 0.0888 e. The van der Waals surface area contributed by atoms with Gasteiger partial charge in [-0.25, -0.2) is 0 Å². The molecule has 2 rings (SSSR count). The third-order valence-electron chi connectivity index (χ3n) is 2.53. The van der Waals surface area contributed by atoms with Crippen molar-refractivity contribution in [3.63, 3.8) is 0 Å². The Labute approximate surface area is 101 Å². The lowest BCUT2D eigenvalue weighted by Crippen LogP contribution is -1.91. The first-order valence-electron chi connectivity index (χ1n) is 5.54. The summed E-state index contributed by atoms with van der Waals surface area (Å²) in [6, 6.07) is 10.1. The van der Waals surface area contributed by atoms with Crippen LogP contribution < -0.4 is 0 Å². The number of aryl methyl sites for hydroxylation is 2. The maximum Gasteiger partial charge on any atom is 0.0888 e. The van der Waals surface area contributed by atoms with Gasteiger partial charge in [0.1, 0.15) is 0 Å². The van der Waals surface area contributed by atoms with E-state index in [1.807, 2.05) is 31.2 Å². The van der Waals surface area contributed by atoms with Crippen molar-refractivity contribution in [1.82, 2.24) is 9.97 Å². The van der Waals surface area contributed by atoms with Gasteiger partial charge >= 0.3 is 0 Å². The van der Waals surface area contributed by atoms with E-state index in [2.05, 4.69) is 16.0 Å². The Kier molecular flexibility index (Phi) is 3.46. The van der Waals surface area contributed by atoms with Crippen molar-refractivity contribution in [2.24, 2.45) is 0 Å². The molecule has 0 atom stereocenters. The summed E-state index contributed by atoms with van der Waals surface area (Å²) in [5.41, 5.74) is 4.03. The molecular formula is C14H13N3. The molecule has 0 aliphatic carbocycles. The number of aromatic nitrogens is 2. The van der Waals surface area contributed by atoms with Gasteiger partial charge in [-0.3, -0.25) is 9.97 Å². The van der Waals surface area contributed by atoms with Gasteiger partial charge in [0, 0.05) is 18.8 Å². The molecule has 0 saturated heterocycles. The van der Waals surface area contributed by atoms with Gasteiger partial charge in [0.05, 0.1) is 17.5 Å². The third-order valence-corrected chi connectivity index (χ3v) is 2.53. The van der Waals surface area contributed by atoms with Crippen molar-refractivity contribution in [2.75, 3.05) is 0 Å². The van der Waals surface area contributed by atoms with Gasteiger partial charge in [0.25, 0.3) is 0 Å². The number of hydrogen-bond donors (Lipinski definition) is 0. The van der Waals surface area contributed by atoms with Gasteiger partial charge in [-0.2, -0.15) is 5.26 Å². The average molecular weight is 223 g/mol. The summed E-state index contributed by atoms with van der Waals surface area (Å²) in [7, 11) is 0. The molecule has 0 fully saturated rings. The molecule has 17 heavy (non-hydrogen) atoms. The Hall–Kier alpha value is -2.21. The van der Waals surface area contributed by atoms with E-state index < -0.39 is 0 Å². The third kappa shape index (κ3) is 2.88. The first-order valence-corrected chi connectivity index (χ1v) is 5.54. The lowest BCUT2D eigenvalue weighted by molar-refractivity contribution is 1.00. The molecule has 0 amide bonds. The first kappa shape index (κ1) is 11.3. The molecule has 0 unspecified atom stereocenters. The van der Waals surface area contributed by atoms with E-state index in [-0.39, 0.29) is 0 Å². The number of nitriles is 1. The van der Waals surface area contributed by atoms with Crippen LogP contribution in [0.2, 0.25) is 0 Å². The Morgan fingerprint density at radius 2 is 1.82 bits per heavy atom. The molecule has 0 aliphatic rings. The second-order valence-electron chi connectivity index (χ2n) is 3.93.